The normalized spacial score (nSPS) is 11.8. The lowest BCUT2D eigenvalue weighted by atomic mass is 9.95. The van der Waals surface area contributed by atoms with E-state index in [9.17, 15) is 13.0 Å². The van der Waals surface area contributed by atoms with Gasteiger partial charge in [-0.25, -0.2) is 0 Å². The molecule has 3 nitrogen and oxygen atoms in total. The molecular weight excluding hydrogens is 260 g/mol. The summed E-state index contributed by atoms with van der Waals surface area (Å²) >= 11 is 0. The molecule has 0 aromatic heterocycles. The molecule has 0 atom stereocenters. The van der Waals surface area contributed by atoms with Gasteiger partial charge >= 0.3 is 0 Å². The van der Waals surface area contributed by atoms with E-state index in [0.29, 0.717) is 12.8 Å². The van der Waals surface area contributed by atoms with Crippen LogP contribution in [0.4, 0.5) is 0 Å². The molecule has 0 radical (unpaired) electrons. The van der Waals surface area contributed by atoms with Gasteiger partial charge in [-0.05, 0) is 36.0 Å². The minimum absolute atomic E-state index is 0.169. The molecule has 19 heavy (non-hydrogen) atoms. The molecule has 108 valence electrons. The summed E-state index contributed by atoms with van der Waals surface area (Å²) in [5, 5.41) is 0. The third-order valence-corrected chi connectivity index (χ3v) is 4.26. The Kier molecular flexibility index (Phi) is 6.01. The van der Waals surface area contributed by atoms with E-state index in [1.54, 1.807) is 0 Å². The first kappa shape index (κ1) is 16.2. The van der Waals surface area contributed by atoms with Crippen molar-refractivity contribution in [3.05, 3.63) is 28.8 Å². The zero-order chi connectivity index (χ0) is 14.5. The fourth-order valence-corrected chi connectivity index (χ4v) is 3.58. The Morgan fingerprint density at radius 1 is 0.895 bits per heavy atom. The van der Waals surface area contributed by atoms with Crippen molar-refractivity contribution in [1.29, 1.82) is 0 Å². The van der Waals surface area contributed by atoms with Crippen LogP contribution in [-0.2, 0) is 29.4 Å². The Labute approximate surface area is 116 Å². The molecule has 0 amide bonds. The van der Waals surface area contributed by atoms with E-state index in [1.807, 2.05) is 26.0 Å². The molecule has 0 aliphatic carbocycles. The second-order valence-electron chi connectivity index (χ2n) is 4.92. The average molecular weight is 284 g/mol. The molecule has 0 saturated heterocycles. The van der Waals surface area contributed by atoms with E-state index in [2.05, 4.69) is 6.92 Å². The maximum Gasteiger partial charge on any atom is 0.295 e. The SMILES string of the molecule is CCCc1ccc(CCC)c(S(=O)(=O)O)c1CCC. The van der Waals surface area contributed by atoms with Crippen LogP contribution in [0.15, 0.2) is 17.0 Å². The van der Waals surface area contributed by atoms with Gasteiger partial charge in [-0.2, -0.15) is 8.42 Å². The van der Waals surface area contributed by atoms with Crippen LogP contribution >= 0.6 is 0 Å². The van der Waals surface area contributed by atoms with Crippen molar-refractivity contribution in [3.63, 3.8) is 0 Å². The predicted octanol–water partition coefficient (Wildman–Crippen LogP) is 3.79. The molecule has 1 N–H and O–H groups in total. The van der Waals surface area contributed by atoms with Crippen molar-refractivity contribution in [2.45, 2.75) is 64.2 Å². The van der Waals surface area contributed by atoms with Gasteiger partial charge in [0.25, 0.3) is 10.1 Å². The van der Waals surface area contributed by atoms with E-state index in [1.165, 1.54) is 0 Å². The van der Waals surface area contributed by atoms with Crippen LogP contribution in [0.1, 0.15) is 56.7 Å². The Balaban J connectivity index is 3.51. The number of aryl methyl sites for hydroxylation is 2. The Bertz CT molecular complexity index is 518. The van der Waals surface area contributed by atoms with Crippen LogP contribution in [0.2, 0.25) is 0 Å². The van der Waals surface area contributed by atoms with E-state index in [0.717, 1.165) is 42.4 Å². The Morgan fingerprint density at radius 3 is 1.84 bits per heavy atom. The van der Waals surface area contributed by atoms with Gasteiger partial charge in [0.2, 0.25) is 0 Å². The zero-order valence-corrected chi connectivity index (χ0v) is 12.9. The molecular formula is C15H24O3S. The molecule has 0 bridgehead atoms. The highest BCUT2D eigenvalue weighted by atomic mass is 32.2. The van der Waals surface area contributed by atoms with Crippen molar-refractivity contribution in [2.24, 2.45) is 0 Å². The summed E-state index contributed by atoms with van der Waals surface area (Å²) in [7, 11) is -4.15. The molecule has 0 heterocycles. The minimum atomic E-state index is -4.15. The molecule has 0 aliphatic heterocycles. The summed E-state index contributed by atoms with van der Waals surface area (Å²) in [6, 6.07) is 3.88. The first-order valence-electron chi connectivity index (χ1n) is 7.06. The topological polar surface area (TPSA) is 54.4 Å². The lowest BCUT2D eigenvalue weighted by molar-refractivity contribution is 0.480. The van der Waals surface area contributed by atoms with Gasteiger partial charge in [0, 0.05) is 0 Å². The molecule has 1 rings (SSSR count). The quantitative estimate of drug-likeness (QED) is 0.775. The van der Waals surface area contributed by atoms with Crippen LogP contribution in [-0.4, -0.2) is 13.0 Å². The summed E-state index contributed by atoms with van der Waals surface area (Å²) in [6.45, 7) is 6.10. The third kappa shape index (κ3) is 4.05. The molecule has 0 fully saturated rings. The maximum absolute atomic E-state index is 11.7. The zero-order valence-electron chi connectivity index (χ0n) is 12.1. The fraction of sp³-hybridized carbons (Fsp3) is 0.600. The highest BCUT2D eigenvalue weighted by molar-refractivity contribution is 7.86. The highest BCUT2D eigenvalue weighted by Crippen LogP contribution is 2.27. The van der Waals surface area contributed by atoms with E-state index < -0.39 is 10.1 Å². The second-order valence-corrected chi connectivity index (χ2v) is 6.27. The van der Waals surface area contributed by atoms with Crippen molar-refractivity contribution < 1.29 is 13.0 Å². The van der Waals surface area contributed by atoms with Crippen LogP contribution in [0.25, 0.3) is 0 Å². The van der Waals surface area contributed by atoms with Crippen molar-refractivity contribution in [1.82, 2.24) is 0 Å². The van der Waals surface area contributed by atoms with Crippen LogP contribution in [0, 0.1) is 0 Å². The number of benzene rings is 1. The standard InChI is InChI=1S/C15H24O3S/c1-4-7-12-10-11-13(8-5-2)15(19(16,17)18)14(12)9-6-3/h10-11H,4-9H2,1-3H3,(H,16,17,18). The lowest BCUT2D eigenvalue weighted by Gasteiger charge is -2.16. The van der Waals surface area contributed by atoms with Crippen molar-refractivity contribution >= 4 is 10.1 Å². The average Bonchev–Trinajstić information content (AvgIpc) is 2.31. The van der Waals surface area contributed by atoms with Gasteiger partial charge in [0.05, 0.1) is 0 Å². The van der Waals surface area contributed by atoms with Gasteiger partial charge in [-0.15, -0.1) is 0 Å². The molecule has 1 aromatic carbocycles. The Morgan fingerprint density at radius 2 is 1.37 bits per heavy atom. The van der Waals surface area contributed by atoms with Crippen molar-refractivity contribution in [2.75, 3.05) is 0 Å². The number of hydrogen-bond acceptors (Lipinski definition) is 2. The lowest BCUT2D eigenvalue weighted by Crippen LogP contribution is -2.10. The highest BCUT2D eigenvalue weighted by Gasteiger charge is 2.21. The summed E-state index contributed by atoms with van der Waals surface area (Å²) in [6.07, 6.45) is 4.93. The summed E-state index contributed by atoms with van der Waals surface area (Å²) in [5.74, 6) is 0. The van der Waals surface area contributed by atoms with Gasteiger partial charge in [-0.3, -0.25) is 4.55 Å². The molecule has 0 saturated carbocycles. The van der Waals surface area contributed by atoms with E-state index in [-0.39, 0.29) is 4.90 Å². The second kappa shape index (κ2) is 7.06. The molecule has 0 unspecified atom stereocenters. The molecule has 4 heteroatoms. The number of hydrogen-bond donors (Lipinski definition) is 1. The predicted molar refractivity (Wildman–Crippen MR) is 78.2 cm³/mol. The fourth-order valence-electron chi connectivity index (χ4n) is 2.53. The smallest absolute Gasteiger partial charge is 0.282 e. The first-order chi connectivity index (χ1) is 8.95. The van der Waals surface area contributed by atoms with Gasteiger partial charge < -0.3 is 0 Å². The molecule has 0 aliphatic rings. The van der Waals surface area contributed by atoms with Crippen LogP contribution in [0.3, 0.4) is 0 Å². The first-order valence-corrected chi connectivity index (χ1v) is 8.50. The maximum atomic E-state index is 11.7. The third-order valence-electron chi connectivity index (χ3n) is 3.24. The largest absolute Gasteiger partial charge is 0.295 e. The summed E-state index contributed by atoms with van der Waals surface area (Å²) < 4.78 is 33.0. The monoisotopic (exact) mass is 284 g/mol. The Hall–Kier alpha value is -0.870. The van der Waals surface area contributed by atoms with E-state index in [4.69, 9.17) is 0 Å². The van der Waals surface area contributed by atoms with Crippen LogP contribution < -0.4 is 0 Å². The molecule has 1 aromatic rings. The summed E-state index contributed by atoms with van der Waals surface area (Å²) in [5.41, 5.74) is 2.61. The summed E-state index contributed by atoms with van der Waals surface area (Å²) in [4.78, 5) is 0.169. The number of rotatable bonds is 7. The van der Waals surface area contributed by atoms with E-state index >= 15 is 0 Å². The minimum Gasteiger partial charge on any atom is -0.282 e. The van der Waals surface area contributed by atoms with Crippen molar-refractivity contribution in [3.8, 4) is 0 Å². The van der Waals surface area contributed by atoms with Crippen LogP contribution in [0.5, 0.6) is 0 Å². The molecule has 0 spiro atoms. The van der Waals surface area contributed by atoms with Gasteiger partial charge in [0.15, 0.2) is 0 Å². The van der Waals surface area contributed by atoms with Gasteiger partial charge in [-0.1, -0.05) is 52.2 Å². The van der Waals surface area contributed by atoms with Gasteiger partial charge in [0.1, 0.15) is 4.90 Å².